The molecule has 2 aromatic rings. The summed E-state index contributed by atoms with van der Waals surface area (Å²) in [6.07, 6.45) is 3.15. The lowest BCUT2D eigenvalue weighted by Gasteiger charge is -2.29. The van der Waals surface area contributed by atoms with Gasteiger partial charge in [0.15, 0.2) is 0 Å². The molecule has 1 fully saturated rings. The number of hydrogen-bond donors (Lipinski definition) is 0. The smallest absolute Gasteiger partial charge is 0.282 e. The van der Waals surface area contributed by atoms with E-state index in [0.29, 0.717) is 27.0 Å². The molecule has 4 nitrogen and oxygen atoms in total. The predicted octanol–water partition coefficient (Wildman–Crippen LogP) is 5.38. The minimum absolute atomic E-state index is 0.315. The number of imide groups is 1. The lowest BCUT2D eigenvalue weighted by Crippen LogP contribution is -2.37. The molecule has 29 heavy (non-hydrogen) atoms. The molecule has 1 saturated heterocycles. The molecule has 0 aliphatic carbocycles. The first-order chi connectivity index (χ1) is 13.9. The van der Waals surface area contributed by atoms with Gasteiger partial charge in [-0.25, -0.2) is 4.90 Å². The summed E-state index contributed by atoms with van der Waals surface area (Å²) in [6, 6.07) is 10.7. The zero-order chi connectivity index (χ0) is 20.7. The second-order valence-corrected chi connectivity index (χ2v) is 8.54. The molecule has 0 aromatic heterocycles. The molecule has 0 spiro atoms. The second kappa shape index (κ2) is 7.85. The zero-order valence-electron chi connectivity index (χ0n) is 16.5. The highest BCUT2D eigenvalue weighted by atomic mass is 35.5. The molecule has 4 rings (SSSR count). The maximum Gasteiger partial charge on any atom is 0.282 e. The van der Waals surface area contributed by atoms with Gasteiger partial charge in [-0.2, -0.15) is 0 Å². The van der Waals surface area contributed by atoms with E-state index in [1.807, 2.05) is 32.0 Å². The molecule has 6 heteroatoms. The van der Waals surface area contributed by atoms with Crippen molar-refractivity contribution in [2.75, 3.05) is 18.0 Å². The number of rotatable bonds is 3. The normalized spacial score (nSPS) is 17.5. The van der Waals surface area contributed by atoms with Crippen molar-refractivity contribution in [1.29, 1.82) is 0 Å². The van der Waals surface area contributed by atoms with Crippen LogP contribution < -0.4 is 4.90 Å². The van der Waals surface area contributed by atoms with Crippen LogP contribution in [0.3, 0.4) is 0 Å². The van der Waals surface area contributed by atoms with E-state index in [9.17, 15) is 9.59 Å². The third-order valence-corrected chi connectivity index (χ3v) is 5.92. The SMILES string of the molecule is Cc1ccc(C2=C(N3CCCCC3)C(=O)N(c3cc(Cl)cc(Cl)c3)C2=O)c(C)c1. The van der Waals surface area contributed by atoms with Gasteiger partial charge in [0, 0.05) is 23.1 Å². The van der Waals surface area contributed by atoms with Crippen molar-refractivity contribution in [3.8, 4) is 0 Å². The molecule has 150 valence electrons. The lowest BCUT2D eigenvalue weighted by molar-refractivity contribution is -0.120. The summed E-state index contributed by atoms with van der Waals surface area (Å²) in [7, 11) is 0. The number of likely N-dealkylation sites (tertiary alicyclic amines) is 1. The van der Waals surface area contributed by atoms with Gasteiger partial charge < -0.3 is 4.90 Å². The van der Waals surface area contributed by atoms with E-state index in [-0.39, 0.29) is 11.8 Å². The number of nitrogens with zero attached hydrogens (tertiary/aromatic N) is 2. The first-order valence-corrected chi connectivity index (χ1v) is 10.5. The van der Waals surface area contributed by atoms with Gasteiger partial charge in [0.05, 0.1) is 11.3 Å². The Bertz CT molecular complexity index is 1020. The van der Waals surface area contributed by atoms with Crippen LogP contribution in [0.25, 0.3) is 5.57 Å². The molecule has 0 unspecified atom stereocenters. The maximum atomic E-state index is 13.6. The van der Waals surface area contributed by atoms with E-state index < -0.39 is 0 Å². The Labute approximate surface area is 180 Å². The number of carbonyl (C=O) groups is 2. The van der Waals surface area contributed by atoms with E-state index in [2.05, 4.69) is 4.90 Å². The van der Waals surface area contributed by atoms with Gasteiger partial charge in [-0.3, -0.25) is 9.59 Å². The summed E-state index contributed by atoms with van der Waals surface area (Å²) in [5.74, 6) is -0.647. The molecule has 0 radical (unpaired) electrons. The first-order valence-electron chi connectivity index (χ1n) is 9.78. The zero-order valence-corrected chi connectivity index (χ0v) is 18.0. The average Bonchev–Trinajstić information content (AvgIpc) is 2.92. The third kappa shape index (κ3) is 3.67. The van der Waals surface area contributed by atoms with Crippen molar-refractivity contribution in [3.05, 3.63) is 68.8 Å². The predicted molar refractivity (Wildman–Crippen MR) is 117 cm³/mol. The van der Waals surface area contributed by atoms with Crippen LogP contribution in [-0.2, 0) is 9.59 Å². The fraction of sp³-hybridized carbons (Fsp3) is 0.304. The fourth-order valence-electron chi connectivity index (χ4n) is 4.17. The fourth-order valence-corrected chi connectivity index (χ4v) is 4.68. The largest absolute Gasteiger partial charge is 0.366 e. The minimum Gasteiger partial charge on any atom is -0.366 e. The third-order valence-electron chi connectivity index (χ3n) is 5.49. The maximum absolute atomic E-state index is 13.6. The Balaban J connectivity index is 1.88. The Morgan fingerprint density at radius 2 is 1.48 bits per heavy atom. The van der Waals surface area contributed by atoms with E-state index >= 15 is 0 Å². The molecule has 2 aliphatic rings. The number of amides is 2. The molecule has 0 atom stereocenters. The van der Waals surface area contributed by atoms with E-state index in [4.69, 9.17) is 23.2 Å². The molecule has 0 saturated carbocycles. The number of halogens is 2. The van der Waals surface area contributed by atoms with Crippen LogP contribution in [-0.4, -0.2) is 29.8 Å². The molecule has 2 amide bonds. The van der Waals surface area contributed by atoms with Crippen LogP contribution in [0.15, 0.2) is 42.1 Å². The van der Waals surface area contributed by atoms with Gasteiger partial charge in [0.2, 0.25) is 0 Å². The molecule has 0 bridgehead atoms. The topological polar surface area (TPSA) is 40.6 Å². The molecular formula is C23H22Cl2N2O2. The molecular weight excluding hydrogens is 407 g/mol. The number of benzene rings is 2. The van der Waals surface area contributed by atoms with Crippen molar-refractivity contribution in [3.63, 3.8) is 0 Å². The Kier molecular flexibility index (Phi) is 5.41. The van der Waals surface area contributed by atoms with Gasteiger partial charge in [-0.15, -0.1) is 0 Å². The van der Waals surface area contributed by atoms with Gasteiger partial charge in [-0.05, 0) is 62.4 Å². The molecule has 2 aliphatic heterocycles. The van der Waals surface area contributed by atoms with Crippen molar-refractivity contribution in [2.24, 2.45) is 0 Å². The first kappa shape index (κ1) is 20.0. The van der Waals surface area contributed by atoms with Crippen LogP contribution in [0.5, 0.6) is 0 Å². The standard InChI is InChI=1S/C23H22Cl2N2O2/c1-14-6-7-19(15(2)10-14)20-21(26-8-4-3-5-9-26)23(29)27(22(20)28)18-12-16(24)11-17(25)13-18/h6-7,10-13H,3-5,8-9H2,1-2H3. The average molecular weight is 429 g/mol. The van der Waals surface area contributed by atoms with Crippen LogP contribution in [0.4, 0.5) is 5.69 Å². The number of aryl methyl sites for hydroxylation is 2. The van der Waals surface area contributed by atoms with Crippen molar-refractivity contribution in [1.82, 2.24) is 4.90 Å². The van der Waals surface area contributed by atoms with Crippen molar-refractivity contribution >= 4 is 46.3 Å². The highest BCUT2D eigenvalue weighted by Crippen LogP contribution is 2.38. The summed E-state index contributed by atoms with van der Waals surface area (Å²) in [6.45, 7) is 5.53. The van der Waals surface area contributed by atoms with Crippen LogP contribution in [0.1, 0.15) is 36.0 Å². The summed E-state index contributed by atoms with van der Waals surface area (Å²) in [4.78, 5) is 30.3. The number of hydrogen-bond acceptors (Lipinski definition) is 3. The van der Waals surface area contributed by atoms with Crippen LogP contribution in [0.2, 0.25) is 10.0 Å². The summed E-state index contributed by atoms with van der Waals surface area (Å²) in [5, 5.41) is 0.764. The Morgan fingerprint density at radius 3 is 2.10 bits per heavy atom. The van der Waals surface area contributed by atoms with E-state index in [0.717, 1.165) is 49.0 Å². The quantitative estimate of drug-likeness (QED) is 0.615. The minimum atomic E-state index is -0.333. The van der Waals surface area contributed by atoms with E-state index in [1.54, 1.807) is 18.2 Å². The monoisotopic (exact) mass is 428 g/mol. The Morgan fingerprint density at radius 1 is 0.828 bits per heavy atom. The van der Waals surface area contributed by atoms with Gasteiger partial charge in [0.25, 0.3) is 11.8 Å². The molecule has 2 aromatic carbocycles. The highest BCUT2D eigenvalue weighted by Gasteiger charge is 2.43. The summed E-state index contributed by atoms with van der Waals surface area (Å²) >= 11 is 12.3. The number of piperidine rings is 1. The van der Waals surface area contributed by atoms with Crippen molar-refractivity contribution in [2.45, 2.75) is 33.1 Å². The Hall–Kier alpha value is -2.30. The molecule has 2 heterocycles. The van der Waals surface area contributed by atoms with Gasteiger partial charge in [0.1, 0.15) is 5.70 Å². The summed E-state index contributed by atoms with van der Waals surface area (Å²) < 4.78 is 0. The van der Waals surface area contributed by atoms with Crippen LogP contribution in [0, 0.1) is 13.8 Å². The second-order valence-electron chi connectivity index (χ2n) is 7.66. The van der Waals surface area contributed by atoms with Gasteiger partial charge >= 0.3 is 0 Å². The number of anilines is 1. The molecule has 0 N–H and O–H groups in total. The van der Waals surface area contributed by atoms with Gasteiger partial charge in [-0.1, -0.05) is 47.0 Å². The lowest BCUT2D eigenvalue weighted by atomic mass is 9.97. The van der Waals surface area contributed by atoms with Crippen molar-refractivity contribution < 1.29 is 9.59 Å². The van der Waals surface area contributed by atoms with Crippen LogP contribution >= 0.6 is 23.2 Å². The number of carbonyl (C=O) groups excluding carboxylic acids is 2. The van der Waals surface area contributed by atoms with E-state index in [1.165, 1.54) is 4.90 Å². The summed E-state index contributed by atoms with van der Waals surface area (Å²) in [5.41, 5.74) is 4.23. The highest BCUT2D eigenvalue weighted by molar-refractivity contribution is 6.46.